The van der Waals surface area contributed by atoms with E-state index in [0.29, 0.717) is 5.57 Å². The van der Waals surface area contributed by atoms with E-state index in [4.69, 9.17) is 6.42 Å². The molecule has 0 aromatic rings. The summed E-state index contributed by atoms with van der Waals surface area (Å²) in [6, 6.07) is -0.441. The topological polar surface area (TPSA) is 37.4 Å². The van der Waals surface area contributed by atoms with E-state index in [0.717, 1.165) is 4.90 Å². The molecule has 0 radical (unpaired) electrons. The van der Waals surface area contributed by atoms with Crippen molar-refractivity contribution in [2.24, 2.45) is 5.92 Å². The van der Waals surface area contributed by atoms with Crippen LogP contribution in [0.3, 0.4) is 0 Å². The van der Waals surface area contributed by atoms with E-state index in [-0.39, 0.29) is 17.7 Å². The molecule has 0 spiro atoms. The largest absolute Gasteiger partial charge is 0.269 e. The molecule has 3 nitrogen and oxygen atoms in total. The van der Waals surface area contributed by atoms with Crippen molar-refractivity contribution < 1.29 is 9.59 Å². The summed E-state index contributed by atoms with van der Waals surface area (Å²) in [7, 11) is 0. The van der Waals surface area contributed by atoms with Crippen LogP contribution in [0.4, 0.5) is 0 Å². The summed E-state index contributed by atoms with van der Waals surface area (Å²) < 4.78 is 0. The molecular weight excluding hydrogens is 178 g/mol. The maximum atomic E-state index is 11.6. The van der Waals surface area contributed by atoms with E-state index in [1.165, 1.54) is 6.08 Å². The van der Waals surface area contributed by atoms with Gasteiger partial charge in [0.2, 0.25) is 0 Å². The van der Waals surface area contributed by atoms with Gasteiger partial charge < -0.3 is 0 Å². The SMILES string of the molecule is C#CC(C(C)C)N1C(=O)C=C(C)C1=O. The summed E-state index contributed by atoms with van der Waals surface area (Å²) >= 11 is 0. The van der Waals surface area contributed by atoms with Crippen LogP contribution in [0.15, 0.2) is 11.6 Å². The molecule has 1 aliphatic heterocycles. The van der Waals surface area contributed by atoms with Crippen molar-refractivity contribution in [2.45, 2.75) is 26.8 Å². The monoisotopic (exact) mass is 191 g/mol. The van der Waals surface area contributed by atoms with Gasteiger partial charge in [-0.1, -0.05) is 19.8 Å². The number of rotatable bonds is 2. The Kier molecular flexibility index (Phi) is 2.76. The number of carbonyl (C=O) groups is 2. The Bertz CT molecular complexity index is 347. The number of imide groups is 1. The van der Waals surface area contributed by atoms with Crippen molar-refractivity contribution in [1.29, 1.82) is 0 Å². The fourth-order valence-electron chi connectivity index (χ4n) is 1.44. The standard InChI is InChI=1S/C11H13NO2/c1-5-9(7(2)3)12-10(13)6-8(4)11(12)14/h1,6-7,9H,2-4H3. The van der Waals surface area contributed by atoms with Gasteiger partial charge in [0.1, 0.15) is 6.04 Å². The molecule has 0 aromatic carbocycles. The molecule has 3 heteroatoms. The van der Waals surface area contributed by atoms with Gasteiger partial charge in [-0.2, -0.15) is 0 Å². The highest BCUT2D eigenvalue weighted by Crippen LogP contribution is 2.19. The Morgan fingerprint density at radius 2 is 2.00 bits per heavy atom. The van der Waals surface area contributed by atoms with Crippen molar-refractivity contribution in [3.8, 4) is 12.3 Å². The van der Waals surface area contributed by atoms with Crippen LogP contribution in [-0.2, 0) is 9.59 Å². The fraction of sp³-hybridized carbons (Fsp3) is 0.455. The van der Waals surface area contributed by atoms with E-state index < -0.39 is 6.04 Å². The minimum absolute atomic E-state index is 0.0761. The first-order valence-electron chi connectivity index (χ1n) is 4.51. The summed E-state index contributed by atoms with van der Waals surface area (Å²) in [6.45, 7) is 5.39. The van der Waals surface area contributed by atoms with E-state index in [2.05, 4.69) is 5.92 Å². The number of nitrogens with zero attached hydrogens (tertiary/aromatic N) is 1. The van der Waals surface area contributed by atoms with Gasteiger partial charge in [0.05, 0.1) is 0 Å². The quantitative estimate of drug-likeness (QED) is 0.481. The van der Waals surface area contributed by atoms with Crippen LogP contribution in [0.5, 0.6) is 0 Å². The van der Waals surface area contributed by atoms with Crippen LogP contribution in [0.2, 0.25) is 0 Å². The Morgan fingerprint density at radius 3 is 2.29 bits per heavy atom. The second-order valence-corrected chi connectivity index (χ2v) is 3.70. The molecule has 1 heterocycles. The van der Waals surface area contributed by atoms with Gasteiger partial charge in [-0.05, 0) is 12.8 Å². The summed E-state index contributed by atoms with van der Waals surface area (Å²) in [5.41, 5.74) is 0.455. The van der Waals surface area contributed by atoms with Gasteiger partial charge in [0.25, 0.3) is 11.8 Å². The first kappa shape index (κ1) is 10.5. The highest BCUT2D eigenvalue weighted by atomic mass is 16.2. The lowest BCUT2D eigenvalue weighted by molar-refractivity contribution is -0.139. The highest BCUT2D eigenvalue weighted by molar-refractivity contribution is 6.16. The predicted molar refractivity (Wildman–Crippen MR) is 53.1 cm³/mol. The maximum absolute atomic E-state index is 11.6. The smallest absolute Gasteiger partial charge is 0.257 e. The zero-order chi connectivity index (χ0) is 10.9. The molecule has 0 aromatic heterocycles. The normalized spacial score (nSPS) is 18.5. The zero-order valence-corrected chi connectivity index (χ0v) is 8.57. The molecule has 0 bridgehead atoms. The lowest BCUT2D eigenvalue weighted by Gasteiger charge is -2.24. The molecule has 1 atom stereocenters. The molecule has 0 aliphatic carbocycles. The summed E-state index contributed by atoms with van der Waals surface area (Å²) in [4.78, 5) is 24.1. The molecule has 14 heavy (non-hydrogen) atoms. The predicted octanol–water partition coefficient (Wildman–Crippen LogP) is 0.959. The molecule has 1 rings (SSSR count). The summed E-state index contributed by atoms with van der Waals surface area (Å²) in [6.07, 6.45) is 6.63. The Morgan fingerprint density at radius 1 is 1.43 bits per heavy atom. The molecule has 2 amide bonds. The second kappa shape index (κ2) is 3.67. The highest BCUT2D eigenvalue weighted by Gasteiger charge is 2.34. The third-order valence-electron chi connectivity index (χ3n) is 2.21. The van der Waals surface area contributed by atoms with Gasteiger partial charge in [0.15, 0.2) is 0 Å². The first-order valence-corrected chi connectivity index (χ1v) is 4.51. The van der Waals surface area contributed by atoms with Crippen molar-refractivity contribution in [3.05, 3.63) is 11.6 Å². The second-order valence-electron chi connectivity index (χ2n) is 3.70. The number of hydrogen-bond acceptors (Lipinski definition) is 2. The van der Waals surface area contributed by atoms with E-state index >= 15 is 0 Å². The molecule has 0 N–H and O–H groups in total. The molecule has 0 saturated carbocycles. The van der Waals surface area contributed by atoms with Crippen LogP contribution in [0, 0.1) is 18.3 Å². The van der Waals surface area contributed by atoms with Crippen molar-refractivity contribution in [3.63, 3.8) is 0 Å². The van der Waals surface area contributed by atoms with Crippen LogP contribution >= 0.6 is 0 Å². The van der Waals surface area contributed by atoms with Crippen LogP contribution in [0.1, 0.15) is 20.8 Å². The molecule has 1 aliphatic rings. The Balaban J connectivity index is 2.97. The number of amides is 2. The lowest BCUT2D eigenvalue weighted by atomic mass is 10.0. The summed E-state index contributed by atoms with van der Waals surface area (Å²) in [5.74, 6) is 1.98. The van der Waals surface area contributed by atoms with Crippen LogP contribution < -0.4 is 0 Å². The maximum Gasteiger partial charge on any atom is 0.257 e. The van der Waals surface area contributed by atoms with Crippen molar-refractivity contribution in [2.75, 3.05) is 0 Å². The Labute approximate surface area is 83.8 Å². The van der Waals surface area contributed by atoms with Gasteiger partial charge in [0, 0.05) is 11.6 Å². The minimum Gasteiger partial charge on any atom is -0.269 e. The molecule has 0 fully saturated rings. The summed E-state index contributed by atoms with van der Waals surface area (Å²) in [5, 5.41) is 0. The van der Waals surface area contributed by atoms with Crippen molar-refractivity contribution in [1.82, 2.24) is 4.90 Å². The van der Waals surface area contributed by atoms with Crippen LogP contribution in [0.25, 0.3) is 0 Å². The zero-order valence-electron chi connectivity index (χ0n) is 8.57. The molecule has 0 saturated heterocycles. The number of hydrogen-bond donors (Lipinski definition) is 0. The molecule has 1 unspecified atom stereocenters. The Hall–Kier alpha value is -1.56. The van der Waals surface area contributed by atoms with Gasteiger partial charge in [-0.15, -0.1) is 6.42 Å². The number of carbonyl (C=O) groups excluding carboxylic acids is 2. The molecular formula is C11H13NO2. The van der Waals surface area contributed by atoms with E-state index in [9.17, 15) is 9.59 Å². The first-order chi connectivity index (χ1) is 6.49. The van der Waals surface area contributed by atoms with Crippen molar-refractivity contribution >= 4 is 11.8 Å². The average molecular weight is 191 g/mol. The third-order valence-corrected chi connectivity index (χ3v) is 2.21. The molecule has 74 valence electrons. The fourth-order valence-corrected chi connectivity index (χ4v) is 1.44. The number of terminal acetylenes is 1. The average Bonchev–Trinajstić information content (AvgIpc) is 2.32. The van der Waals surface area contributed by atoms with Crippen LogP contribution in [-0.4, -0.2) is 22.8 Å². The van der Waals surface area contributed by atoms with Gasteiger partial charge in [-0.3, -0.25) is 14.5 Å². The van der Waals surface area contributed by atoms with E-state index in [1.807, 2.05) is 13.8 Å². The lowest BCUT2D eigenvalue weighted by Crippen LogP contribution is -2.42. The van der Waals surface area contributed by atoms with E-state index in [1.54, 1.807) is 6.92 Å². The van der Waals surface area contributed by atoms with Gasteiger partial charge in [-0.25, -0.2) is 0 Å². The van der Waals surface area contributed by atoms with Gasteiger partial charge >= 0.3 is 0 Å². The minimum atomic E-state index is -0.441. The third kappa shape index (κ3) is 1.56.